The monoisotopic (exact) mass is 497 g/mol. The van der Waals surface area contributed by atoms with Gasteiger partial charge in [-0.3, -0.25) is 4.79 Å². The molecule has 10 nitrogen and oxygen atoms in total. The average Bonchev–Trinajstić information content (AvgIpc) is 3.49. The standard InChI is InChI=1S/C22H23N7O3S2/c1-4-32-20(31)18-16(15-8-6-5-7-9-15)11-33-19(18)24-17(30)12-34-22-26-25-21(28(22)23)29-14(3)10-13(2)27-29/h5-11H,4,12,23H2,1-3H3,(H,24,30). The van der Waals surface area contributed by atoms with Crippen molar-refractivity contribution >= 4 is 40.0 Å². The van der Waals surface area contributed by atoms with Crippen LogP contribution in [0.3, 0.4) is 0 Å². The Morgan fingerprint density at radius 1 is 1.21 bits per heavy atom. The summed E-state index contributed by atoms with van der Waals surface area (Å²) >= 11 is 2.40. The molecule has 0 radical (unpaired) electrons. The number of carbonyl (C=O) groups is 2. The minimum atomic E-state index is -0.484. The molecule has 0 fully saturated rings. The van der Waals surface area contributed by atoms with Gasteiger partial charge in [-0.1, -0.05) is 42.1 Å². The molecule has 176 valence electrons. The molecule has 0 saturated carbocycles. The van der Waals surface area contributed by atoms with Gasteiger partial charge in [-0.15, -0.1) is 21.5 Å². The number of amides is 1. The molecule has 0 unspecified atom stereocenters. The molecular weight excluding hydrogens is 474 g/mol. The fourth-order valence-electron chi connectivity index (χ4n) is 3.32. The zero-order valence-electron chi connectivity index (χ0n) is 18.8. The SMILES string of the molecule is CCOC(=O)c1c(-c2ccccc2)csc1NC(=O)CSc1nnc(-n2nc(C)cc2C)n1N. The number of ether oxygens (including phenoxy) is 1. The third-order valence-corrected chi connectivity index (χ3v) is 6.62. The number of rotatable bonds is 8. The number of aryl methyl sites for hydroxylation is 2. The Labute approximate surface area is 204 Å². The second-order valence-corrected chi connectivity index (χ2v) is 9.09. The summed E-state index contributed by atoms with van der Waals surface area (Å²) < 4.78 is 8.12. The van der Waals surface area contributed by atoms with Crippen molar-refractivity contribution in [3.8, 4) is 17.1 Å². The molecule has 3 heterocycles. The van der Waals surface area contributed by atoms with E-state index in [0.717, 1.165) is 28.7 Å². The molecule has 3 aromatic heterocycles. The van der Waals surface area contributed by atoms with E-state index in [9.17, 15) is 9.59 Å². The van der Waals surface area contributed by atoms with Crippen molar-refractivity contribution in [1.82, 2.24) is 24.7 Å². The summed E-state index contributed by atoms with van der Waals surface area (Å²) in [6.45, 7) is 5.74. The van der Waals surface area contributed by atoms with Crippen molar-refractivity contribution in [2.45, 2.75) is 25.9 Å². The highest BCUT2D eigenvalue weighted by Gasteiger charge is 2.23. The van der Waals surface area contributed by atoms with E-state index in [1.165, 1.54) is 16.0 Å². The van der Waals surface area contributed by atoms with E-state index in [2.05, 4.69) is 20.6 Å². The highest BCUT2D eigenvalue weighted by atomic mass is 32.2. The highest BCUT2D eigenvalue weighted by Crippen LogP contribution is 2.36. The quantitative estimate of drug-likeness (QED) is 0.215. The lowest BCUT2D eigenvalue weighted by atomic mass is 10.0. The van der Waals surface area contributed by atoms with Crippen LogP contribution in [0.25, 0.3) is 17.1 Å². The van der Waals surface area contributed by atoms with E-state index in [4.69, 9.17) is 10.6 Å². The number of benzene rings is 1. The summed E-state index contributed by atoms with van der Waals surface area (Å²) in [6.07, 6.45) is 0. The van der Waals surface area contributed by atoms with Crippen LogP contribution in [0.15, 0.2) is 46.9 Å². The van der Waals surface area contributed by atoms with Gasteiger partial charge in [-0.05, 0) is 32.4 Å². The lowest BCUT2D eigenvalue weighted by Gasteiger charge is -2.09. The van der Waals surface area contributed by atoms with Gasteiger partial charge >= 0.3 is 5.97 Å². The van der Waals surface area contributed by atoms with E-state index >= 15 is 0 Å². The summed E-state index contributed by atoms with van der Waals surface area (Å²) in [5, 5.41) is 18.0. The van der Waals surface area contributed by atoms with E-state index in [1.807, 2.05) is 55.6 Å². The number of aromatic nitrogens is 5. The van der Waals surface area contributed by atoms with E-state index in [1.54, 1.807) is 11.6 Å². The minimum absolute atomic E-state index is 0.0211. The number of nitrogen functional groups attached to an aromatic ring is 1. The van der Waals surface area contributed by atoms with Gasteiger partial charge in [0, 0.05) is 16.6 Å². The van der Waals surface area contributed by atoms with Crippen LogP contribution in [-0.2, 0) is 9.53 Å². The minimum Gasteiger partial charge on any atom is -0.462 e. The average molecular weight is 498 g/mol. The van der Waals surface area contributed by atoms with Gasteiger partial charge in [0.15, 0.2) is 0 Å². The molecule has 4 aromatic rings. The number of thioether (sulfide) groups is 1. The third kappa shape index (κ3) is 4.82. The number of hydrogen-bond donors (Lipinski definition) is 2. The molecule has 3 N–H and O–H groups in total. The Morgan fingerprint density at radius 3 is 2.65 bits per heavy atom. The van der Waals surface area contributed by atoms with Crippen LogP contribution in [0, 0.1) is 13.8 Å². The molecule has 0 aliphatic carbocycles. The molecule has 0 atom stereocenters. The van der Waals surface area contributed by atoms with Gasteiger partial charge in [-0.25, -0.2) is 14.2 Å². The Balaban J connectivity index is 1.49. The van der Waals surface area contributed by atoms with Crippen LogP contribution in [0.5, 0.6) is 0 Å². The predicted octanol–water partition coefficient (Wildman–Crippen LogP) is 3.43. The van der Waals surface area contributed by atoms with Crippen LogP contribution < -0.4 is 11.2 Å². The first-order valence-electron chi connectivity index (χ1n) is 10.4. The maximum absolute atomic E-state index is 12.7. The van der Waals surface area contributed by atoms with Crippen molar-refractivity contribution in [3.63, 3.8) is 0 Å². The van der Waals surface area contributed by atoms with E-state index < -0.39 is 5.97 Å². The molecule has 1 amide bonds. The van der Waals surface area contributed by atoms with Gasteiger partial charge in [0.25, 0.3) is 5.95 Å². The summed E-state index contributed by atoms with van der Waals surface area (Å²) in [4.78, 5) is 25.4. The van der Waals surface area contributed by atoms with Crippen LogP contribution in [-0.4, -0.2) is 48.9 Å². The second kappa shape index (κ2) is 10.1. The molecule has 12 heteroatoms. The first kappa shape index (κ1) is 23.5. The third-order valence-electron chi connectivity index (χ3n) is 4.79. The molecule has 0 saturated heterocycles. The number of anilines is 1. The molecule has 34 heavy (non-hydrogen) atoms. The lowest BCUT2D eigenvalue weighted by molar-refractivity contribution is -0.113. The van der Waals surface area contributed by atoms with Gasteiger partial charge < -0.3 is 15.9 Å². The lowest BCUT2D eigenvalue weighted by Crippen LogP contribution is -2.19. The fraction of sp³-hybridized carbons (Fsp3) is 0.227. The normalized spacial score (nSPS) is 10.9. The number of nitrogens with one attached hydrogen (secondary N) is 1. The summed E-state index contributed by atoms with van der Waals surface area (Å²) in [5.41, 5.74) is 3.61. The number of hydrogen-bond acceptors (Lipinski definition) is 9. The number of esters is 1. The van der Waals surface area contributed by atoms with Gasteiger partial charge in [0.2, 0.25) is 11.1 Å². The van der Waals surface area contributed by atoms with E-state index in [0.29, 0.717) is 27.2 Å². The first-order valence-corrected chi connectivity index (χ1v) is 12.3. The van der Waals surface area contributed by atoms with Crippen LogP contribution in [0.2, 0.25) is 0 Å². The van der Waals surface area contributed by atoms with Crippen molar-refractivity contribution < 1.29 is 14.3 Å². The number of thiophene rings is 1. The second-order valence-electron chi connectivity index (χ2n) is 7.27. The van der Waals surface area contributed by atoms with Gasteiger partial charge in [0.05, 0.1) is 18.1 Å². The molecular formula is C22H23N7O3S2. The Bertz CT molecular complexity index is 1330. The summed E-state index contributed by atoms with van der Waals surface area (Å²) in [7, 11) is 0. The van der Waals surface area contributed by atoms with Crippen molar-refractivity contribution in [2.75, 3.05) is 23.5 Å². The van der Waals surface area contributed by atoms with Crippen molar-refractivity contribution in [1.29, 1.82) is 0 Å². The van der Waals surface area contributed by atoms with Crippen molar-refractivity contribution in [3.05, 3.63) is 58.7 Å². The van der Waals surface area contributed by atoms with E-state index in [-0.39, 0.29) is 18.3 Å². The van der Waals surface area contributed by atoms with Crippen LogP contribution >= 0.6 is 23.1 Å². The number of nitrogens with zero attached hydrogens (tertiary/aromatic N) is 5. The summed E-state index contributed by atoms with van der Waals surface area (Å²) in [5.74, 6) is 5.71. The molecule has 0 spiro atoms. The first-order chi connectivity index (χ1) is 16.4. The zero-order chi connectivity index (χ0) is 24.2. The molecule has 0 aliphatic rings. The zero-order valence-corrected chi connectivity index (χ0v) is 20.4. The maximum atomic E-state index is 12.7. The van der Waals surface area contributed by atoms with Crippen LogP contribution in [0.4, 0.5) is 5.00 Å². The van der Waals surface area contributed by atoms with Crippen LogP contribution in [0.1, 0.15) is 28.7 Å². The highest BCUT2D eigenvalue weighted by molar-refractivity contribution is 7.99. The molecule has 1 aromatic carbocycles. The largest absolute Gasteiger partial charge is 0.462 e. The molecule has 4 rings (SSSR count). The Morgan fingerprint density at radius 2 is 1.97 bits per heavy atom. The number of carbonyl (C=O) groups excluding carboxylic acids is 2. The topological polar surface area (TPSA) is 130 Å². The van der Waals surface area contributed by atoms with Gasteiger partial charge in [-0.2, -0.15) is 5.10 Å². The smallest absolute Gasteiger partial charge is 0.341 e. The molecule has 0 bridgehead atoms. The fourth-order valence-corrected chi connectivity index (χ4v) is 4.95. The number of nitrogens with two attached hydrogens (primary N) is 1. The molecule has 0 aliphatic heterocycles. The maximum Gasteiger partial charge on any atom is 0.341 e. The Hall–Kier alpha value is -3.64. The van der Waals surface area contributed by atoms with Crippen molar-refractivity contribution in [2.24, 2.45) is 0 Å². The summed E-state index contributed by atoms with van der Waals surface area (Å²) in [6, 6.07) is 11.4. The predicted molar refractivity (Wildman–Crippen MR) is 132 cm³/mol. The van der Waals surface area contributed by atoms with Gasteiger partial charge in [0.1, 0.15) is 10.6 Å². The Kier molecular flexibility index (Phi) is 6.98.